The molecule has 0 amide bonds. The number of aromatic nitrogens is 2. The van der Waals surface area contributed by atoms with Crippen LogP contribution in [-0.4, -0.2) is 9.97 Å². The minimum absolute atomic E-state index is 0.000859. The number of nitrogens with one attached hydrogen (secondary N) is 2. The molecule has 4 nitrogen and oxygen atoms in total. The topological polar surface area (TPSA) is 57.8 Å². The van der Waals surface area contributed by atoms with Crippen LogP contribution in [0.25, 0.3) is 10.9 Å². The Bertz CT molecular complexity index is 895. The number of aromatic amines is 1. The third-order valence-electron chi connectivity index (χ3n) is 2.85. The Kier molecular flexibility index (Phi) is 3.31. The van der Waals surface area contributed by atoms with E-state index in [1.165, 1.54) is 12.1 Å². The zero-order valence-corrected chi connectivity index (χ0v) is 11.2. The Morgan fingerprint density at radius 1 is 1.14 bits per heavy atom. The normalized spacial score (nSPS) is 10.8. The molecule has 0 fully saturated rings. The smallest absolute Gasteiger partial charge is 0.260 e. The fraction of sp³-hybridized carbons (Fsp3) is 0. The van der Waals surface area contributed by atoms with E-state index in [0.29, 0.717) is 15.9 Å². The summed E-state index contributed by atoms with van der Waals surface area (Å²) in [6.07, 6.45) is 0. The van der Waals surface area contributed by atoms with Crippen molar-refractivity contribution in [1.82, 2.24) is 9.97 Å². The molecule has 1 heterocycles. The highest BCUT2D eigenvalue weighted by atomic mass is 35.5. The number of halogens is 3. The van der Waals surface area contributed by atoms with Crippen molar-refractivity contribution in [2.24, 2.45) is 0 Å². The third kappa shape index (κ3) is 2.71. The summed E-state index contributed by atoms with van der Waals surface area (Å²) in [5, 5.41) is 3.40. The molecule has 3 aromatic rings. The van der Waals surface area contributed by atoms with Gasteiger partial charge in [0, 0.05) is 11.1 Å². The first-order valence-corrected chi connectivity index (χ1v) is 6.32. The summed E-state index contributed by atoms with van der Waals surface area (Å²) < 4.78 is 26.4. The number of nitrogens with zero attached hydrogens (tertiary/aromatic N) is 1. The van der Waals surface area contributed by atoms with Crippen LogP contribution in [0.2, 0.25) is 5.02 Å². The highest BCUT2D eigenvalue weighted by Crippen LogP contribution is 2.20. The van der Waals surface area contributed by atoms with Crippen molar-refractivity contribution in [3.63, 3.8) is 0 Å². The molecule has 0 aliphatic heterocycles. The fourth-order valence-electron chi connectivity index (χ4n) is 1.89. The number of hydrogen-bond acceptors (Lipinski definition) is 3. The molecule has 0 radical (unpaired) electrons. The molecule has 3 rings (SSSR count). The molecule has 0 saturated heterocycles. The van der Waals surface area contributed by atoms with Crippen LogP contribution in [-0.2, 0) is 0 Å². The van der Waals surface area contributed by atoms with Gasteiger partial charge in [-0.1, -0.05) is 11.6 Å². The number of H-pyrrole nitrogens is 1. The van der Waals surface area contributed by atoms with Crippen LogP contribution in [0.4, 0.5) is 20.4 Å². The Morgan fingerprint density at radius 2 is 1.95 bits per heavy atom. The van der Waals surface area contributed by atoms with Gasteiger partial charge in [-0.25, -0.2) is 13.8 Å². The number of anilines is 2. The van der Waals surface area contributed by atoms with Gasteiger partial charge >= 0.3 is 0 Å². The van der Waals surface area contributed by atoms with Gasteiger partial charge < -0.3 is 5.32 Å². The van der Waals surface area contributed by atoms with Gasteiger partial charge in [0.25, 0.3) is 5.56 Å². The summed E-state index contributed by atoms with van der Waals surface area (Å²) in [6.45, 7) is 0. The minimum atomic E-state index is -0.788. The molecule has 0 unspecified atom stereocenters. The molecule has 2 N–H and O–H groups in total. The molecule has 2 aromatic carbocycles. The van der Waals surface area contributed by atoms with Gasteiger partial charge in [-0.05, 0) is 30.3 Å². The van der Waals surface area contributed by atoms with Crippen molar-refractivity contribution < 1.29 is 8.78 Å². The van der Waals surface area contributed by atoms with E-state index in [1.54, 1.807) is 12.1 Å². The molecular weight excluding hydrogens is 300 g/mol. The number of benzene rings is 2. The molecule has 0 spiro atoms. The van der Waals surface area contributed by atoms with Crippen LogP contribution in [0.3, 0.4) is 0 Å². The Hall–Kier alpha value is -2.47. The highest BCUT2D eigenvalue weighted by molar-refractivity contribution is 6.31. The van der Waals surface area contributed by atoms with E-state index in [1.807, 2.05) is 0 Å². The lowest BCUT2D eigenvalue weighted by Gasteiger charge is -2.07. The van der Waals surface area contributed by atoms with Crippen LogP contribution in [0.5, 0.6) is 0 Å². The number of fused-ring (bicyclic) bond motifs is 1. The molecule has 21 heavy (non-hydrogen) atoms. The van der Waals surface area contributed by atoms with E-state index >= 15 is 0 Å². The average Bonchev–Trinajstić information content (AvgIpc) is 2.41. The lowest BCUT2D eigenvalue weighted by molar-refractivity contribution is 0.586. The van der Waals surface area contributed by atoms with E-state index in [4.69, 9.17) is 11.6 Å². The Morgan fingerprint density at radius 3 is 2.71 bits per heavy atom. The Labute approximate surface area is 122 Å². The molecule has 0 atom stereocenters. The highest BCUT2D eigenvalue weighted by Gasteiger charge is 2.08. The van der Waals surface area contributed by atoms with Crippen molar-refractivity contribution in [2.75, 3.05) is 5.32 Å². The first-order valence-electron chi connectivity index (χ1n) is 5.94. The standard InChI is InChI=1S/C14H8ClF2N3O/c15-7-1-3-9-12(5-7)19-14(20-13(9)21)18-11-4-2-8(16)6-10(11)17/h1-6H,(H2,18,19,20,21). The SMILES string of the molecule is O=c1[nH]c(Nc2ccc(F)cc2F)nc2cc(Cl)ccc12. The largest absolute Gasteiger partial charge is 0.323 e. The van der Waals surface area contributed by atoms with Crippen LogP contribution in [0.1, 0.15) is 0 Å². The number of rotatable bonds is 2. The predicted molar refractivity (Wildman–Crippen MR) is 77.0 cm³/mol. The maximum absolute atomic E-state index is 13.6. The lowest BCUT2D eigenvalue weighted by atomic mass is 10.2. The van der Waals surface area contributed by atoms with Crippen molar-refractivity contribution in [2.45, 2.75) is 0 Å². The molecule has 0 aliphatic carbocycles. The van der Waals surface area contributed by atoms with Gasteiger partial charge in [-0.2, -0.15) is 0 Å². The summed E-state index contributed by atoms with van der Waals surface area (Å²) in [5.74, 6) is -1.44. The van der Waals surface area contributed by atoms with Crippen molar-refractivity contribution >= 4 is 34.1 Å². The van der Waals surface area contributed by atoms with Crippen molar-refractivity contribution in [3.05, 3.63) is 63.4 Å². The van der Waals surface area contributed by atoms with Crippen LogP contribution in [0.15, 0.2) is 41.2 Å². The molecule has 0 aliphatic rings. The van der Waals surface area contributed by atoms with Gasteiger partial charge in [-0.3, -0.25) is 9.78 Å². The molecule has 1 aromatic heterocycles. The molecular formula is C14H8ClF2N3O. The second kappa shape index (κ2) is 5.14. The van der Waals surface area contributed by atoms with Crippen molar-refractivity contribution in [1.29, 1.82) is 0 Å². The Balaban J connectivity index is 2.06. The van der Waals surface area contributed by atoms with Gasteiger partial charge in [0.1, 0.15) is 11.6 Å². The molecule has 0 bridgehead atoms. The second-order valence-corrected chi connectivity index (χ2v) is 4.76. The predicted octanol–water partition coefficient (Wildman–Crippen LogP) is 3.60. The van der Waals surface area contributed by atoms with Crippen LogP contribution >= 0.6 is 11.6 Å². The van der Waals surface area contributed by atoms with E-state index < -0.39 is 11.6 Å². The van der Waals surface area contributed by atoms with Crippen molar-refractivity contribution in [3.8, 4) is 0 Å². The van der Waals surface area contributed by atoms with Gasteiger partial charge in [0.2, 0.25) is 5.95 Å². The summed E-state index contributed by atoms with van der Waals surface area (Å²) >= 11 is 5.85. The van der Waals surface area contributed by atoms with Crippen LogP contribution < -0.4 is 10.9 Å². The van der Waals surface area contributed by atoms with E-state index in [-0.39, 0.29) is 17.2 Å². The van der Waals surface area contributed by atoms with Crippen LogP contribution in [0, 0.1) is 11.6 Å². The number of hydrogen-bond donors (Lipinski definition) is 2. The minimum Gasteiger partial charge on any atom is -0.323 e. The molecule has 0 saturated carbocycles. The van der Waals surface area contributed by atoms with E-state index in [9.17, 15) is 13.6 Å². The first kappa shape index (κ1) is 13.5. The fourth-order valence-corrected chi connectivity index (χ4v) is 2.06. The van der Waals surface area contributed by atoms with Gasteiger partial charge in [0.15, 0.2) is 0 Å². The van der Waals surface area contributed by atoms with E-state index in [2.05, 4.69) is 15.3 Å². The van der Waals surface area contributed by atoms with Gasteiger partial charge in [0.05, 0.1) is 16.6 Å². The zero-order chi connectivity index (χ0) is 15.0. The zero-order valence-electron chi connectivity index (χ0n) is 10.5. The average molecular weight is 308 g/mol. The summed E-state index contributed by atoms with van der Waals surface area (Å²) in [6, 6.07) is 7.70. The van der Waals surface area contributed by atoms with E-state index in [0.717, 1.165) is 12.1 Å². The third-order valence-corrected chi connectivity index (χ3v) is 3.09. The maximum Gasteiger partial charge on any atom is 0.260 e. The molecule has 106 valence electrons. The summed E-state index contributed by atoms with van der Waals surface area (Å²) in [7, 11) is 0. The summed E-state index contributed by atoms with van der Waals surface area (Å²) in [4.78, 5) is 18.5. The monoisotopic (exact) mass is 307 g/mol. The molecule has 7 heteroatoms. The quantitative estimate of drug-likeness (QED) is 0.760. The lowest BCUT2D eigenvalue weighted by Crippen LogP contribution is -2.11. The first-order chi connectivity index (χ1) is 10.0. The maximum atomic E-state index is 13.6. The summed E-state index contributed by atoms with van der Waals surface area (Å²) in [5.41, 5.74) is -0.0149. The van der Waals surface area contributed by atoms with Gasteiger partial charge in [-0.15, -0.1) is 0 Å². The second-order valence-electron chi connectivity index (χ2n) is 4.33.